The van der Waals surface area contributed by atoms with E-state index in [9.17, 15) is 0 Å². The van der Waals surface area contributed by atoms with E-state index in [4.69, 9.17) is 0 Å². The SMILES string of the molecule is c1ccc(-c2ccc(-c3ccccc3N(c3ccc(-c4cccc5ccccc45)cc3)c3ccc4c(c3)C3(c5ccccc5-4)c4ccccc4-n4c5ccccc5c5cccc3c54)cc2)cc1. The second-order valence-corrected chi connectivity index (χ2v) is 18.0. The zero-order chi connectivity index (χ0) is 44.1. The van der Waals surface area contributed by atoms with Crippen molar-refractivity contribution in [2.24, 2.45) is 0 Å². The largest absolute Gasteiger partial charge is 0.310 e. The van der Waals surface area contributed by atoms with E-state index in [0.717, 1.165) is 22.6 Å². The van der Waals surface area contributed by atoms with Gasteiger partial charge in [-0.15, -0.1) is 0 Å². The Morgan fingerprint density at radius 3 is 1.73 bits per heavy atom. The fourth-order valence-electron chi connectivity index (χ4n) is 11.8. The number of aromatic nitrogens is 1. The topological polar surface area (TPSA) is 8.17 Å². The molecule has 1 aromatic heterocycles. The standard InChI is InChI=1S/C65H42N2/c1-2-16-43(17-3-1)44-32-34-47(35-33-44)52-21-7-11-29-61(52)66(48-38-36-46(37-39-48)51-24-14-19-45-18-4-5-20-50(45)51)49-40-41-54-53-22-6-9-26-57(53)65(60(54)42-49)58-27-10-13-31-63(58)67-62-30-12-8-23-55(62)56-25-15-28-59(65)64(56)67/h1-42H. The molecular formula is C65H42N2. The van der Waals surface area contributed by atoms with Gasteiger partial charge in [-0.1, -0.05) is 212 Å². The lowest BCUT2D eigenvalue weighted by Gasteiger charge is -2.40. The Morgan fingerprint density at radius 1 is 0.313 bits per heavy atom. The van der Waals surface area contributed by atoms with Crippen LogP contribution in [0.2, 0.25) is 0 Å². The molecule has 312 valence electrons. The van der Waals surface area contributed by atoms with Gasteiger partial charge in [-0.25, -0.2) is 0 Å². The highest BCUT2D eigenvalue weighted by Crippen LogP contribution is 2.62. The van der Waals surface area contributed by atoms with E-state index in [1.54, 1.807) is 0 Å². The van der Waals surface area contributed by atoms with Crippen LogP contribution in [0.1, 0.15) is 22.3 Å². The molecule has 1 aliphatic carbocycles. The fourth-order valence-corrected chi connectivity index (χ4v) is 11.8. The maximum absolute atomic E-state index is 2.52. The van der Waals surface area contributed by atoms with E-state index in [0.29, 0.717) is 0 Å². The van der Waals surface area contributed by atoms with Gasteiger partial charge in [-0.05, 0) is 114 Å². The van der Waals surface area contributed by atoms with Crippen LogP contribution < -0.4 is 4.90 Å². The van der Waals surface area contributed by atoms with Crippen molar-refractivity contribution < 1.29 is 0 Å². The summed E-state index contributed by atoms with van der Waals surface area (Å²) in [7, 11) is 0. The number of benzene rings is 11. The Hall–Kier alpha value is -8.72. The molecule has 12 aromatic rings. The molecule has 11 aromatic carbocycles. The molecule has 0 saturated carbocycles. The summed E-state index contributed by atoms with van der Waals surface area (Å²) in [6.07, 6.45) is 0. The second kappa shape index (κ2) is 14.7. The molecular weight excluding hydrogens is 809 g/mol. The Kier molecular flexibility index (Phi) is 8.23. The molecule has 2 nitrogen and oxygen atoms in total. The van der Waals surface area contributed by atoms with Gasteiger partial charge in [0.05, 0.1) is 27.8 Å². The van der Waals surface area contributed by atoms with Gasteiger partial charge >= 0.3 is 0 Å². The average Bonchev–Trinajstić information content (AvgIpc) is 3.90. The van der Waals surface area contributed by atoms with Crippen molar-refractivity contribution in [1.82, 2.24) is 4.57 Å². The molecule has 1 atom stereocenters. The Morgan fingerprint density at radius 2 is 0.866 bits per heavy atom. The summed E-state index contributed by atoms with van der Waals surface area (Å²) < 4.78 is 2.52. The van der Waals surface area contributed by atoms with Crippen LogP contribution in [0, 0.1) is 0 Å². The fraction of sp³-hybridized carbons (Fsp3) is 0.0154. The Labute approximate surface area is 389 Å². The molecule has 2 heteroatoms. The van der Waals surface area contributed by atoms with E-state index in [1.165, 1.54) is 99.5 Å². The van der Waals surface area contributed by atoms with Gasteiger partial charge < -0.3 is 9.47 Å². The first-order chi connectivity index (χ1) is 33.3. The predicted molar refractivity (Wildman–Crippen MR) is 280 cm³/mol. The highest BCUT2D eigenvalue weighted by molar-refractivity contribution is 6.13. The molecule has 0 fully saturated rings. The van der Waals surface area contributed by atoms with E-state index in [-0.39, 0.29) is 0 Å². The molecule has 0 amide bonds. The third-order valence-corrected chi connectivity index (χ3v) is 14.6. The Bertz CT molecular complexity index is 3910. The van der Waals surface area contributed by atoms with Crippen LogP contribution in [0.5, 0.6) is 0 Å². The lowest BCUT2D eigenvalue weighted by atomic mass is 9.65. The third kappa shape index (κ3) is 5.45. The van der Waals surface area contributed by atoms with Gasteiger partial charge in [0, 0.05) is 27.7 Å². The normalized spacial score (nSPS) is 14.3. The molecule has 2 heterocycles. The average molecular weight is 851 g/mol. The molecule has 1 spiro atoms. The van der Waals surface area contributed by atoms with Crippen molar-refractivity contribution in [2.75, 3.05) is 4.90 Å². The number of para-hydroxylation sites is 4. The van der Waals surface area contributed by atoms with Crippen molar-refractivity contribution in [3.8, 4) is 50.2 Å². The summed E-state index contributed by atoms with van der Waals surface area (Å²) >= 11 is 0. The molecule has 1 aliphatic heterocycles. The smallest absolute Gasteiger partial charge is 0.0755 e. The lowest BCUT2D eigenvalue weighted by molar-refractivity contribution is 0.748. The molecule has 2 aliphatic rings. The Balaban J connectivity index is 1.01. The number of fused-ring (bicyclic) bond motifs is 13. The second-order valence-electron chi connectivity index (χ2n) is 18.0. The van der Waals surface area contributed by atoms with Crippen LogP contribution >= 0.6 is 0 Å². The quantitative estimate of drug-likeness (QED) is 0.162. The zero-order valence-electron chi connectivity index (χ0n) is 36.6. The highest BCUT2D eigenvalue weighted by atomic mass is 15.1. The van der Waals surface area contributed by atoms with E-state index >= 15 is 0 Å². The first-order valence-electron chi connectivity index (χ1n) is 23.3. The number of rotatable bonds is 6. The van der Waals surface area contributed by atoms with Gasteiger partial charge in [0.25, 0.3) is 0 Å². The van der Waals surface area contributed by atoms with Gasteiger partial charge in [0.1, 0.15) is 0 Å². The minimum absolute atomic E-state index is 0.570. The van der Waals surface area contributed by atoms with E-state index in [2.05, 4.69) is 264 Å². The minimum Gasteiger partial charge on any atom is -0.310 e. The van der Waals surface area contributed by atoms with Crippen LogP contribution in [-0.4, -0.2) is 4.57 Å². The molecule has 0 bridgehead atoms. The van der Waals surface area contributed by atoms with Crippen LogP contribution in [0.25, 0.3) is 82.8 Å². The monoisotopic (exact) mass is 850 g/mol. The van der Waals surface area contributed by atoms with Gasteiger partial charge in [0.2, 0.25) is 0 Å². The summed E-state index contributed by atoms with van der Waals surface area (Å²) in [6.45, 7) is 0. The first-order valence-corrected chi connectivity index (χ1v) is 23.3. The van der Waals surface area contributed by atoms with Crippen molar-refractivity contribution in [1.29, 1.82) is 0 Å². The maximum Gasteiger partial charge on any atom is 0.0755 e. The lowest BCUT2D eigenvalue weighted by Crippen LogP contribution is -2.33. The summed E-state index contributed by atoms with van der Waals surface area (Å²) in [6, 6.07) is 94.4. The van der Waals surface area contributed by atoms with Crippen molar-refractivity contribution >= 4 is 49.6 Å². The van der Waals surface area contributed by atoms with Crippen LogP contribution in [-0.2, 0) is 5.41 Å². The zero-order valence-corrected chi connectivity index (χ0v) is 36.6. The molecule has 67 heavy (non-hydrogen) atoms. The van der Waals surface area contributed by atoms with Crippen molar-refractivity contribution in [2.45, 2.75) is 5.41 Å². The summed E-state index contributed by atoms with van der Waals surface area (Å²) in [5.74, 6) is 0. The third-order valence-electron chi connectivity index (χ3n) is 14.6. The molecule has 0 N–H and O–H groups in total. The van der Waals surface area contributed by atoms with E-state index < -0.39 is 5.41 Å². The molecule has 0 radical (unpaired) electrons. The molecule has 1 unspecified atom stereocenters. The van der Waals surface area contributed by atoms with E-state index in [1.807, 2.05) is 0 Å². The number of nitrogens with zero attached hydrogens (tertiary/aromatic N) is 2. The van der Waals surface area contributed by atoms with Crippen molar-refractivity contribution in [3.05, 3.63) is 277 Å². The number of hydrogen-bond acceptors (Lipinski definition) is 1. The summed E-state index contributed by atoms with van der Waals surface area (Å²) in [4.78, 5) is 2.48. The van der Waals surface area contributed by atoms with Crippen LogP contribution in [0.3, 0.4) is 0 Å². The summed E-state index contributed by atoms with van der Waals surface area (Å²) in [5, 5.41) is 5.05. The van der Waals surface area contributed by atoms with Gasteiger partial charge in [0.15, 0.2) is 0 Å². The van der Waals surface area contributed by atoms with Crippen molar-refractivity contribution in [3.63, 3.8) is 0 Å². The number of anilines is 3. The van der Waals surface area contributed by atoms with Crippen LogP contribution in [0.4, 0.5) is 17.1 Å². The number of hydrogen-bond donors (Lipinski definition) is 0. The predicted octanol–water partition coefficient (Wildman–Crippen LogP) is 17.1. The summed E-state index contributed by atoms with van der Waals surface area (Å²) in [5.41, 5.74) is 21.4. The van der Waals surface area contributed by atoms with Crippen LogP contribution in [0.15, 0.2) is 255 Å². The first kappa shape index (κ1) is 37.6. The maximum atomic E-state index is 2.52. The van der Waals surface area contributed by atoms with Gasteiger partial charge in [-0.3, -0.25) is 0 Å². The minimum atomic E-state index is -0.570. The van der Waals surface area contributed by atoms with Gasteiger partial charge in [-0.2, -0.15) is 0 Å². The highest BCUT2D eigenvalue weighted by Gasteiger charge is 2.51. The molecule has 14 rings (SSSR count). The molecule has 0 saturated heterocycles.